The Labute approximate surface area is 222 Å². The topological polar surface area (TPSA) is 102 Å². The fourth-order valence-electron chi connectivity index (χ4n) is 4.43. The minimum Gasteiger partial charge on any atom is -0.497 e. The fourth-order valence-corrected chi connectivity index (χ4v) is 4.43. The summed E-state index contributed by atoms with van der Waals surface area (Å²) in [6, 6.07) is 25.6. The molecule has 1 amide bonds. The number of ether oxygens (including phenoxy) is 2. The minimum absolute atomic E-state index is 0.0485. The van der Waals surface area contributed by atoms with Gasteiger partial charge in [0, 0.05) is 23.8 Å². The third-order valence-electron chi connectivity index (χ3n) is 6.34. The van der Waals surface area contributed by atoms with E-state index in [0.29, 0.717) is 28.6 Å². The van der Waals surface area contributed by atoms with Crippen LogP contribution in [0.15, 0.2) is 108 Å². The Morgan fingerprint density at radius 1 is 0.949 bits per heavy atom. The number of hydrogen-bond donors (Lipinski definition) is 1. The Hall–Kier alpha value is -5.44. The van der Waals surface area contributed by atoms with Gasteiger partial charge in [-0.2, -0.15) is 0 Å². The van der Waals surface area contributed by atoms with Gasteiger partial charge in [-0.15, -0.1) is 0 Å². The molecule has 6 rings (SSSR count). The van der Waals surface area contributed by atoms with E-state index in [9.17, 15) is 9.59 Å². The number of carbonyl (C=O) groups excluding carboxylic acids is 1. The normalized spacial score (nSPS) is 11.0. The molecule has 0 bridgehead atoms. The van der Waals surface area contributed by atoms with Crippen molar-refractivity contribution in [3.8, 4) is 17.2 Å². The Morgan fingerprint density at radius 3 is 2.56 bits per heavy atom. The molecule has 0 unspecified atom stereocenters. The number of aromatic amines is 1. The van der Waals surface area contributed by atoms with Crippen molar-refractivity contribution in [2.75, 3.05) is 12.0 Å². The average molecular weight is 518 g/mol. The lowest BCUT2D eigenvalue weighted by Crippen LogP contribution is -2.34. The molecule has 0 spiro atoms. The Morgan fingerprint density at radius 2 is 1.77 bits per heavy atom. The number of carbonyl (C=O) groups is 1. The molecule has 6 aromatic rings. The third-order valence-corrected chi connectivity index (χ3v) is 6.34. The number of anilines is 1. The van der Waals surface area contributed by atoms with Crippen LogP contribution in [0, 0.1) is 0 Å². The van der Waals surface area contributed by atoms with Gasteiger partial charge in [0.1, 0.15) is 28.6 Å². The van der Waals surface area contributed by atoms with Gasteiger partial charge in [0.2, 0.25) is 0 Å². The minimum atomic E-state index is -0.467. The Kier molecular flexibility index (Phi) is 6.22. The quantitative estimate of drug-likeness (QED) is 0.312. The summed E-state index contributed by atoms with van der Waals surface area (Å²) in [6.07, 6.45) is 4.91. The molecule has 0 aliphatic heterocycles. The van der Waals surface area contributed by atoms with E-state index >= 15 is 0 Å². The van der Waals surface area contributed by atoms with Crippen LogP contribution in [0.4, 0.5) is 5.82 Å². The van der Waals surface area contributed by atoms with E-state index in [1.165, 1.54) is 9.42 Å². The van der Waals surface area contributed by atoms with Crippen LogP contribution in [-0.2, 0) is 6.54 Å². The van der Waals surface area contributed by atoms with E-state index in [2.05, 4.69) is 15.1 Å². The monoisotopic (exact) mass is 517 g/mol. The predicted molar refractivity (Wildman–Crippen MR) is 148 cm³/mol. The number of benzene rings is 2. The molecule has 192 valence electrons. The summed E-state index contributed by atoms with van der Waals surface area (Å²) in [5.41, 5.74) is 1.71. The van der Waals surface area contributed by atoms with Gasteiger partial charge in [-0.05, 0) is 48.0 Å². The molecule has 2 aromatic carbocycles. The summed E-state index contributed by atoms with van der Waals surface area (Å²) >= 11 is 0. The summed E-state index contributed by atoms with van der Waals surface area (Å²) in [5.74, 6) is 1.73. The summed E-state index contributed by atoms with van der Waals surface area (Å²) in [7, 11) is 1.61. The number of amides is 1. The number of nitrogens with one attached hydrogen (secondary N) is 1. The zero-order valence-electron chi connectivity index (χ0n) is 20.9. The maximum Gasteiger partial charge on any atom is 0.277 e. The average Bonchev–Trinajstić information content (AvgIpc) is 3.32. The first-order valence-corrected chi connectivity index (χ1v) is 12.2. The van der Waals surface area contributed by atoms with E-state index in [4.69, 9.17) is 9.47 Å². The maximum atomic E-state index is 13.8. The summed E-state index contributed by atoms with van der Waals surface area (Å²) in [5, 5.41) is 3.52. The number of methoxy groups -OCH3 is 1. The molecule has 0 fully saturated rings. The second-order valence-corrected chi connectivity index (χ2v) is 8.80. The number of rotatable bonds is 7. The van der Waals surface area contributed by atoms with Crippen molar-refractivity contribution in [3.05, 3.63) is 125 Å². The molecule has 4 heterocycles. The summed E-state index contributed by atoms with van der Waals surface area (Å²) < 4.78 is 12.9. The van der Waals surface area contributed by atoms with Crippen molar-refractivity contribution in [1.29, 1.82) is 0 Å². The van der Waals surface area contributed by atoms with Gasteiger partial charge in [-0.3, -0.25) is 29.1 Å². The molecule has 0 saturated carbocycles. The highest BCUT2D eigenvalue weighted by molar-refractivity contribution is 6.09. The standard InChI is InChI=1S/C30H23N5O4/c1-38-21-10-12-23-24(17-21)31-15-14-26(23)39-22-11-13-27(32-18-22)34(19-20-7-3-2-4-8-20)30(37)28-25-9-5-6-16-35(25)33-29(28)36/h2-18H,19H2,1H3,(H,33,36). The lowest BCUT2D eigenvalue weighted by Gasteiger charge is -2.21. The zero-order chi connectivity index (χ0) is 26.8. The molecule has 0 aliphatic rings. The lowest BCUT2D eigenvalue weighted by molar-refractivity contribution is 0.0985. The van der Waals surface area contributed by atoms with Gasteiger partial charge in [0.15, 0.2) is 0 Å². The van der Waals surface area contributed by atoms with Crippen molar-refractivity contribution in [2.45, 2.75) is 6.54 Å². The van der Waals surface area contributed by atoms with E-state index in [0.717, 1.165) is 16.5 Å². The van der Waals surface area contributed by atoms with Crippen LogP contribution in [0.3, 0.4) is 0 Å². The first-order valence-electron chi connectivity index (χ1n) is 12.2. The van der Waals surface area contributed by atoms with Crippen molar-refractivity contribution in [1.82, 2.24) is 19.6 Å². The second-order valence-electron chi connectivity index (χ2n) is 8.80. The third kappa shape index (κ3) is 4.69. The van der Waals surface area contributed by atoms with E-state index in [-0.39, 0.29) is 12.1 Å². The molecule has 4 aromatic heterocycles. The van der Waals surface area contributed by atoms with Crippen molar-refractivity contribution in [2.24, 2.45) is 0 Å². The van der Waals surface area contributed by atoms with Crippen molar-refractivity contribution in [3.63, 3.8) is 0 Å². The van der Waals surface area contributed by atoms with Gasteiger partial charge in [0.05, 0.1) is 30.9 Å². The van der Waals surface area contributed by atoms with E-state index < -0.39 is 11.5 Å². The Bertz CT molecular complexity index is 1850. The molecular formula is C30H23N5O4. The zero-order valence-corrected chi connectivity index (χ0v) is 20.9. The van der Waals surface area contributed by atoms with Gasteiger partial charge >= 0.3 is 0 Å². The van der Waals surface area contributed by atoms with Crippen LogP contribution in [0.2, 0.25) is 0 Å². The molecule has 0 atom stereocenters. The number of aromatic nitrogens is 4. The lowest BCUT2D eigenvalue weighted by atomic mass is 10.1. The first kappa shape index (κ1) is 23.9. The van der Waals surface area contributed by atoms with Crippen LogP contribution in [0.5, 0.6) is 17.2 Å². The van der Waals surface area contributed by atoms with Crippen LogP contribution in [-0.4, -0.2) is 32.6 Å². The maximum absolute atomic E-state index is 13.8. The van der Waals surface area contributed by atoms with Gasteiger partial charge in [0.25, 0.3) is 11.5 Å². The second kappa shape index (κ2) is 10.1. The fraction of sp³-hybridized carbons (Fsp3) is 0.0667. The molecular weight excluding hydrogens is 494 g/mol. The number of nitrogens with zero attached hydrogens (tertiary/aromatic N) is 4. The Balaban J connectivity index is 1.34. The number of fused-ring (bicyclic) bond motifs is 2. The van der Waals surface area contributed by atoms with Crippen molar-refractivity contribution < 1.29 is 14.3 Å². The van der Waals surface area contributed by atoms with Crippen LogP contribution < -0.4 is 19.9 Å². The predicted octanol–water partition coefficient (Wildman–Crippen LogP) is 5.22. The van der Waals surface area contributed by atoms with Gasteiger partial charge in [-0.1, -0.05) is 36.4 Å². The van der Waals surface area contributed by atoms with Crippen LogP contribution in [0.1, 0.15) is 15.9 Å². The number of pyridine rings is 3. The van der Waals surface area contributed by atoms with Crippen LogP contribution >= 0.6 is 0 Å². The molecule has 0 aliphatic carbocycles. The smallest absolute Gasteiger partial charge is 0.277 e. The SMILES string of the molecule is COc1ccc2c(Oc3ccc(N(Cc4ccccc4)C(=O)c4c(=O)[nH]n5ccccc45)nc3)ccnc2c1. The molecule has 9 heteroatoms. The largest absolute Gasteiger partial charge is 0.497 e. The molecule has 1 N–H and O–H groups in total. The summed E-state index contributed by atoms with van der Waals surface area (Å²) in [6.45, 7) is 0.229. The first-order chi connectivity index (χ1) is 19.1. The highest BCUT2D eigenvalue weighted by Gasteiger charge is 2.25. The van der Waals surface area contributed by atoms with Gasteiger partial charge < -0.3 is 9.47 Å². The van der Waals surface area contributed by atoms with Gasteiger partial charge in [-0.25, -0.2) is 4.98 Å². The molecule has 0 radical (unpaired) electrons. The summed E-state index contributed by atoms with van der Waals surface area (Å²) in [4.78, 5) is 37.0. The number of hydrogen-bond acceptors (Lipinski definition) is 6. The highest BCUT2D eigenvalue weighted by Crippen LogP contribution is 2.31. The molecule has 0 saturated heterocycles. The van der Waals surface area contributed by atoms with Crippen LogP contribution in [0.25, 0.3) is 16.4 Å². The molecule has 39 heavy (non-hydrogen) atoms. The van der Waals surface area contributed by atoms with E-state index in [1.54, 1.807) is 62.1 Å². The van der Waals surface area contributed by atoms with Crippen molar-refractivity contribution >= 4 is 28.1 Å². The van der Waals surface area contributed by atoms with E-state index in [1.807, 2.05) is 48.5 Å². The molecule has 9 nitrogen and oxygen atoms in total. The number of H-pyrrole nitrogens is 1. The highest BCUT2D eigenvalue weighted by atomic mass is 16.5.